The molecule has 1 nitrogen and oxygen atoms in total. The fourth-order valence-electron chi connectivity index (χ4n) is 6.62. The number of rotatable bonds is 0. The van der Waals surface area contributed by atoms with Crippen LogP contribution >= 0.6 is 0 Å². The summed E-state index contributed by atoms with van der Waals surface area (Å²) in [6, 6.07) is 0. The lowest BCUT2D eigenvalue weighted by Gasteiger charge is -2.56. The van der Waals surface area contributed by atoms with Crippen LogP contribution in [0.1, 0.15) is 77.0 Å². The fourth-order valence-corrected chi connectivity index (χ4v) is 6.62. The van der Waals surface area contributed by atoms with Gasteiger partial charge >= 0.3 is 0 Å². The van der Waals surface area contributed by atoms with E-state index < -0.39 is 0 Å². The number of fused-ring (bicyclic) bond motifs is 2. The molecule has 4 rings (SSSR count). The van der Waals surface area contributed by atoms with Crippen LogP contribution in [0.5, 0.6) is 0 Å². The molecule has 4 aliphatic carbocycles. The quantitative estimate of drug-likeness (QED) is 0.610. The molecule has 0 aromatic heterocycles. The topological polar surface area (TPSA) is 17.1 Å². The molecule has 0 heterocycles. The highest BCUT2D eigenvalue weighted by Gasteiger charge is 2.71. The Bertz CT molecular complexity index is 356. The molecule has 17 heavy (non-hydrogen) atoms. The molecule has 94 valence electrons. The van der Waals surface area contributed by atoms with E-state index in [1.54, 1.807) is 0 Å². The minimum Gasteiger partial charge on any atom is -0.299 e. The molecule has 4 aliphatic rings. The molecule has 0 aliphatic heterocycles. The smallest absolute Gasteiger partial charge is 0.139 e. The van der Waals surface area contributed by atoms with Crippen molar-refractivity contribution in [3.63, 3.8) is 0 Å². The van der Waals surface area contributed by atoms with Crippen LogP contribution in [-0.2, 0) is 4.79 Å². The highest BCUT2D eigenvalue weighted by atomic mass is 16.1. The van der Waals surface area contributed by atoms with Crippen molar-refractivity contribution in [1.82, 2.24) is 0 Å². The molecule has 0 saturated heterocycles. The standard InChI is InChI=1S/C16H24O/c17-13-5-12-15(13)9-4-11-16(15)10-3-8-14(16)6-1-2-7-14/h1-12H2/t15-,16-/m0/s1. The van der Waals surface area contributed by atoms with Gasteiger partial charge in [-0.3, -0.25) is 4.79 Å². The average Bonchev–Trinajstić information content (AvgIpc) is 3.02. The van der Waals surface area contributed by atoms with Crippen molar-refractivity contribution in [1.29, 1.82) is 0 Å². The summed E-state index contributed by atoms with van der Waals surface area (Å²) in [5.41, 5.74) is 1.28. The molecule has 3 spiro atoms. The van der Waals surface area contributed by atoms with E-state index in [0.717, 1.165) is 6.42 Å². The summed E-state index contributed by atoms with van der Waals surface area (Å²) in [5.74, 6) is 0.656. The summed E-state index contributed by atoms with van der Waals surface area (Å²) in [4.78, 5) is 12.4. The molecular formula is C16H24O. The Labute approximate surface area is 104 Å². The summed E-state index contributed by atoms with van der Waals surface area (Å²) >= 11 is 0. The van der Waals surface area contributed by atoms with E-state index in [-0.39, 0.29) is 5.41 Å². The Kier molecular flexibility index (Phi) is 1.97. The predicted octanol–water partition coefficient (Wildman–Crippen LogP) is 4.25. The van der Waals surface area contributed by atoms with Crippen molar-refractivity contribution in [3.8, 4) is 0 Å². The molecule has 0 unspecified atom stereocenters. The zero-order chi connectivity index (χ0) is 11.6. The third-order valence-corrected chi connectivity index (χ3v) is 7.27. The van der Waals surface area contributed by atoms with Crippen LogP contribution in [0, 0.1) is 16.2 Å². The Morgan fingerprint density at radius 3 is 1.94 bits per heavy atom. The Balaban J connectivity index is 1.82. The van der Waals surface area contributed by atoms with E-state index in [1.165, 1.54) is 70.6 Å². The van der Waals surface area contributed by atoms with Crippen molar-refractivity contribution < 1.29 is 4.79 Å². The first-order chi connectivity index (χ1) is 8.25. The van der Waals surface area contributed by atoms with Crippen molar-refractivity contribution in [2.24, 2.45) is 16.2 Å². The minimum atomic E-state index is 0.188. The second kappa shape index (κ2) is 3.16. The molecule has 4 saturated carbocycles. The fraction of sp³-hybridized carbons (Fsp3) is 0.938. The molecular weight excluding hydrogens is 208 g/mol. The van der Waals surface area contributed by atoms with Crippen molar-refractivity contribution in [3.05, 3.63) is 0 Å². The third-order valence-electron chi connectivity index (χ3n) is 7.27. The van der Waals surface area contributed by atoms with Crippen LogP contribution < -0.4 is 0 Å². The van der Waals surface area contributed by atoms with E-state index in [0.29, 0.717) is 16.6 Å². The first-order valence-corrected chi connectivity index (χ1v) is 7.78. The maximum atomic E-state index is 12.4. The zero-order valence-electron chi connectivity index (χ0n) is 10.9. The maximum Gasteiger partial charge on any atom is 0.139 e. The number of Topliss-reactive ketones (excluding diaryl/α,β-unsaturated/α-hetero) is 1. The number of hydrogen-bond donors (Lipinski definition) is 0. The van der Waals surface area contributed by atoms with Crippen LogP contribution in [0.15, 0.2) is 0 Å². The molecule has 4 fully saturated rings. The SMILES string of the molecule is O=C1CC[C@@]12CCC[C@]21CCCC12CCCC2. The summed E-state index contributed by atoms with van der Waals surface area (Å²) in [6.45, 7) is 0. The zero-order valence-corrected chi connectivity index (χ0v) is 10.9. The van der Waals surface area contributed by atoms with E-state index in [4.69, 9.17) is 0 Å². The number of hydrogen-bond acceptors (Lipinski definition) is 1. The van der Waals surface area contributed by atoms with Crippen molar-refractivity contribution in [2.75, 3.05) is 0 Å². The second-order valence-electron chi connectivity index (χ2n) is 7.28. The van der Waals surface area contributed by atoms with Gasteiger partial charge < -0.3 is 0 Å². The molecule has 0 aromatic rings. The van der Waals surface area contributed by atoms with Gasteiger partial charge in [-0.2, -0.15) is 0 Å². The predicted molar refractivity (Wildman–Crippen MR) is 67.7 cm³/mol. The van der Waals surface area contributed by atoms with Crippen molar-refractivity contribution in [2.45, 2.75) is 77.0 Å². The summed E-state index contributed by atoms with van der Waals surface area (Å²) < 4.78 is 0. The Morgan fingerprint density at radius 2 is 1.35 bits per heavy atom. The van der Waals surface area contributed by atoms with E-state index in [1.807, 2.05) is 0 Å². The molecule has 0 N–H and O–H groups in total. The van der Waals surface area contributed by atoms with Gasteiger partial charge in [0, 0.05) is 11.8 Å². The summed E-state index contributed by atoms with van der Waals surface area (Å²) in [5, 5.41) is 0. The second-order valence-corrected chi connectivity index (χ2v) is 7.28. The van der Waals surface area contributed by atoms with Crippen LogP contribution in [-0.4, -0.2) is 5.78 Å². The Hall–Kier alpha value is -0.330. The van der Waals surface area contributed by atoms with Crippen molar-refractivity contribution >= 4 is 5.78 Å². The Morgan fingerprint density at radius 1 is 0.706 bits per heavy atom. The van der Waals surface area contributed by atoms with Crippen LogP contribution in [0.2, 0.25) is 0 Å². The number of carbonyl (C=O) groups is 1. The lowest BCUT2D eigenvalue weighted by atomic mass is 9.46. The molecule has 0 amide bonds. The van der Waals surface area contributed by atoms with Gasteiger partial charge in [0.05, 0.1) is 0 Å². The highest BCUT2D eigenvalue weighted by molar-refractivity contribution is 5.92. The molecule has 1 heteroatoms. The number of carbonyl (C=O) groups excluding carboxylic acids is 1. The normalized spacial score (nSPS) is 47.4. The molecule has 0 bridgehead atoms. The van der Waals surface area contributed by atoms with Gasteiger partial charge in [0.15, 0.2) is 0 Å². The minimum absolute atomic E-state index is 0.188. The lowest BCUT2D eigenvalue weighted by molar-refractivity contribution is -0.157. The molecule has 0 aromatic carbocycles. The van der Waals surface area contributed by atoms with E-state index >= 15 is 0 Å². The third kappa shape index (κ3) is 0.980. The van der Waals surface area contributed by atoms with Gasteiger partial charge in [-0.1, -0.05) is 25.7 Å². The monoisotopic (exact) mass is 232 g/mol. The van der Waals surface area contributed by atoms with E-state index in [2.05, 4.69) is 0 Å². The molecule has 2 atom stereocenters. The largest absolute Gasteiger partial charge is 0.299 e. The van der Waals surface area contributed by atoms with Gasteiger partial charge in [-0.25, -0.2) is 0 Å². The first-order valence-electron chi connectivity index (χ1n) is 7.78. The lowest BCUT2D eigenvalue weighted by Crippen LogP contribution is -2.55. The van der Waals surface area contributed by atoms with Gasteiger partial charge in [0.2, 0.25) is 0 Å². The first kappa shape index (κ1) is 10.6. The summed E-state index contributed by atoms with van der Waals surface area (Å²) in [6.07, 6.45) is 16.1. The van der Waals surface area contributed by atoms with Gasteiger partial charge in [-0.15, -0.1) is 0 Å². The highest BCUT2D eigenvalue weighted by Crippen LogP contribution is 2.76. The average molecular weight is 232 g/mol. The van der Waals surface area contributed by atoms with Gasteiger partial charge in [0.25, 0.3) is 0 Å². The van der Waals surface area contributed by atoms with E-state index in [9.17, 15) is 4.79 Å². The van der Waals surface area contributed by atoms with Crippen LogP contribution in [0.4, 0.5) is 0 Å². The van der Waals surface area contributed by atoms with Gasteiger partial charge in [0.1, 0.15) is 5.78 Å². The van der Waals surface area contributed by atoms with Crippen LogP contribution in [0.25, 0.3) is 0 Å². The van der Waals surface area contributed by atoms with Crippen LogP contribution in [0.3, 0.4) is 0 Å². The van der Waals surface area contributed by atoms with Gasteiger partial charge in [-0.05, 0) is 55.8 Å². The number of ketones is 1. The summed E-state index contributed by atoms with van der Waals surface area (Å²) in [7, 11) is 0. The molecule has 0 radical (unpaired) electrons. The maximum absolute atomic E-state index is 12.4.